The van der Waals surface area contributed by atoms with Crippen molar-refractivity contribution in [3.63, 3.8) is 0 Å². The van der Waals surface area contributed by atoms with Crippen molar-refractivity contribution in [2.24, 2.45) is 0 Å². The minimum atomic E-state index is 0.240. The second-order valence-corrected chi connectivity index (χ2v) is 6.45. The number of hydrogen-bond acceptors (Lipinski definition) is 7. The van der Waals surface area contributed by atoms with Gasteiger partial charge in [-0.2, -0.15) is 4.98 Å². The second-order valence-electron chi connectivity index (χ2n) is 6.45. The van der Waals surface area contributed by atoms with Crippen LogP contribution >= 0.6 is 0 Å². The lowest BCUT2D eigenvalue weighted by Gasteiger charge is -2.17. The van der Waals surface area contributed by atoms with Crippen LogP contribution in [0.1, 0.15) is 11.3 Å². The first kappa shape index (κ1) is 17.1. The summed E-state index contributed by atoms with van der Waals surface area (Å²) in [6.07, 6.45) is 0. The van der Waals surface area contributed by atoms with E-state index in [4.69, 9.17) is 15.2 Å². The van der Waals surface area contributed by atoms with Crippen molar-refractivity contribution in [2.75, 3.05) is 24.9 Å². The average molecular weight is 363 g/mol. The maximum absolute atomic E-state index is 5.91. The molecule has 4 rings (SSSR count). The maximum Gasteiger partial charge on any atom is 0.231 e. The Bertz CT molecular complexity index is 933. The summed E-state index contributed by atoms with van der Waals surface area (Å²) < 4.78 is 10.7. The first-order valence-corrected chi connectivity index (χ1v) is 8.68. The topological polar surface area (TPSA) is 85.5 Å². The van der Waals surface area contributed by atoms with Crippen molar-refractivity contribution in [1.82, 2.24) is 14.9 Å². The second kappa shape index (κ2) is 7.51. The maximum atomic E-state index is 5.91. The van der Waals surface area contributed by atoms with Gasteiger partial charge in [0, 0.05) is 30.9 Å². The molecule has 2 aromatic carbocycles. The van der Waals surface area contributed by atoms with Gasteiger partial charge in [-0.25, -0.2) is 4.98 Å². The number of nitrogens with one attached hydrogen (secondary N) is 1. The molecule has 1 aliphatic rings. The van der Waals surface area contributed by atoms with Crippen LogP contribution in [0.2, 0.25) is 0 Å². The van der Waals surface area contributed by atoms with E-state index < -0.39 is 0 Å². The van der Waals surface area contributed by atoms with Gasteiger partial charge in [-0.15, -0.1) is 0 Å². The Morgan fingerprint density at radius 3 is 2.67 bits per heavy atom. The zero-order valence-corrected chi connectivity index (χ0v) is 15.1. The minimum absolute atomic E-state index is 0.240. The van der Waals surface area contributed by atoms with E-state index in [9.17, 15) is 0 Å². The fourth-order valence-electron chi connectivity index (χ4n) is 3.01. The van der Waals surface area contributed by atoms with Crippen LogP contribution in [-0.2, 0) is 13.1 Å². The number of anilines is 3. The summed E-state index contributed by atoms with van der Waals surface area (Å²) in [6.45, 7) is 1.74. The Morgan fingerprint density at radius 2 is 1.81 bits per heavy atom. The first-order chi connectivity index (χ1) is 13.2. The number of rotatable bonds is 6. The molecule has 0 atom stereocenters. The molecule has 2 heterocycles. The third-order valence-corrected chi connectivity index (χ3v) is 4.17. The zero-order chi connectivity index (χ0) is 18.6. The smallest absolute Gasteiger partial charge is 0.231 e. The summed E-state index contributed by atoms with van der Waals surface area (Å²) in [5.41, 5.74) is 8.86. The fourth-order valence-corrected chi connectivity index (χ4v) is 3.01. The highest BCUT2D eigenvalue weighted by molar-refractivity contribution is 5.62. The normalized spacial score (nSPS) is 12.4. The van der Waals surface area contributed by atoms with E-state index in [1.54, 1.807) is 0 Å². The fraction of sp³-hybridized carbons (Fsp3) is 0.200. The molecule has 138 valence electrons. The largest absolute Gasteiger partial charge is 0.454 e. The lowest BCUT2D eigenvalue weighted by atomic mass is 10.2. The highest BCUT2D eigenvalue weighted by Crippen LogP contribution is 2.35. The Labute approximate surface area is 157 Å². The molecule has 1 aromatic heterocycles. The molecule has 0 fully saturated rings. The third-order valence-electron chi connectivity index (χ3n) is 4.17. The SMILES string of the molecule is CN(Cc1ccccc1)Cc1cc(Nc2ccc3c(c2)OCO3)nc(N)n1. The first-order valence-electron chi connectivity index (χ1n) is 8.68. The van der Waals surface area contributed by atoms with Crippen molar-refractivity contribution in [2.45, 2.75) is 13.1 Å². The number of benzene rings is 2. The van der Waals surface area contributed by atoms with E-state index >= 15 is 0 Å². The van der Waals surface area contributed by atoms with Crippen LogP contribution in [0.15, 0.2) is 54.6 Å². The van der Waals surface area contributed by atoms with Crippen LogP contribution in [0, 0.1) is 0 Å². The van der Waals surface area contributed by atoms with E-state index in [1.165, 1.54) is 5.56 Å². The van der Waals surface area contributed by atoms with Crippen LogP contribution in [-0.4, -0.2) is 28.7 Å². The molecule has 7 nitrogen and oxygen atoms in total. The minimum Gasteiger partial charge on any atom is -0.454 e. The van der Waals surface area contributed by atoms with Crippen molar-refractivity contribution in [3.05, 3.63) is 65.9 Å². The van der Waals surface area contributed by atoms with Crippen LogP contribution in [0.25, 0.3) is 0 Å². The molecule has 27 heavy (non-hydrogen) atoms. The summed E-state index contributed by atoms with van der Waals surface area (Å²) in [4.78, 5) is 10.8. The number of nitrogens with two attached hydrogens (primary N) is 1. The third kappa shape index (κ3) is 4.27. The molecule has 7 heteroatoms. The van der Waals surface area contributed by atoms with Crippen LogP contribution in [0.4, 0.5) is 17.5 Å². The van der Waals surface area contributed by atoms with Gasteiger partial charge in [0.15, 0.2) is 11.5 Å². The lowest BCUT2D eigenvalue weighted by molar-refractivity contribution is 0.174. The summed E-state index contributed by atoms with van der Waals surface area (Å²) in [5, 5.41) is 3.25. The van der Waals surface area contributed by atoms with Crippen LogP contribution < -0.4 is 20.5 Å². The van der Waals surface area contributed by atoms with Gasteiger partial charge in [0.2, 0.25) is 12.7 Å². The molecule has 1 aliphatic heterocycles. The van der Waals surface area contributed by atoms with Gasteiger partial charge in [-0.05, 0) is 24.7 Å². The predicted octanol–water partition coefficient (Wildman–Crippen LogP) is 3.16. The highest BCUT2D eigenvalue weighted by atomic mass is 16.7. The van der Waals surface area contributed by atoms with E-state index in [0.29, 0.717) is 18.1 Å². The van der Waals surface area contributed by atoms with Gasteiger partial charge >= 0.3 is 0 Å². The lowest BCUT2D eigenvalue weighted by Crippen LogP contribution is -2.18. The molecule has 0 bridgehead atoms. The molecular weight excluding hydrogens is 342 g/mol. The highest BCUT2D eigenvalue weighted by Gasteiger charge is 2.14. The van der Waals surface area contributed by atoms with E-state index in [-0.39, 0.29) is 12.7 Å². The Morgan fingerprint density at radius 1 is 1.00 bits per heavy atom. The van der Waals surface area contributed by atoms with E-state index in [0.717, 1.165) is 23.7 Å². The Balaban J connectivity index is 1.46. The van der Waals surface area contributed by atoms with Gasteiger partial charge in [0.25, 0.3) is 0 Å². The molecule has 0 saturated heterocycles. The van der Waals surface area contributed by atoms with Crippen molar-refractivity contribution < 1.29 is 9.47 Å². The van der Waals surface area contributed by atoms with Gasteiger partial charge in [-0.1, -0.05) is 30.3 Å². The van der Waals surface area contributed by atoms with Crippen molar-refractivity contribution in [1.29, 1.82) is 0 Å². The Kier molecular flexibility index (Phi) is 4.76. The molecule has 0 spiro atoms. The molecule has 3 N–H and O–H groups in total. The number of nitrogen functional groups attached to an aromatic ring is 1. The number of nitrogens with zero attached hydrogens (tertiary/aromatic N) is 3. The monoisotopic (exact) mass is 363 g/mol. The molecule has 0 amide bonds. The van der Waals surface area contributed by atoms with E-state index in [2.05, 4.69) is 39.4 Å². The average Bonchev–Trinajstić information content (AvgIpc) is 3.09. The van der Waals surface area contributed by atoms with Gasteiger partial charge in [-0.3, -0.25) is 4.90 Å². The molecule has 0 aliphatic carbocycles. The number of fused-ring (bicyclic) bond motifs is 1. The summed E-state index contributed by atoms with van der Waals surface area (Å²) in [5.74, 6) is 2.34. The van der Waals surface area contributed by atoms with Crippen molar-refractivity contribution >= 4 is 17.5 Å². The molecule has 3 aromatic rings. The Hall–Kier alpha value is -3.32. The quantitative estimate of drug-likeness (QED) is 0.696. The van der Waals surface area contributed by atoms with Crippen LogP contribution in [0.3, 0.4) is 0 Å². The zero-order valence-electron chi connectivity index (χ0n) is 15.1. The number of aromatic nitrogens is 2. The summed E-state index contributed by atoms with van der Waals surface area (Å²) >= 11 is 0. The summed E-state index contributed by atoms with van der Waals surface area (Å²) in [7, 11) is 2.05. The molecule has 0 unspecified atom stereocenters. The number of hydrogen-bond donors (Lipinski definition) is 2. The molecule has 0 saturated carbocycles. The van der Waals surface area contributed by atoms with Gasteiger partial charge < -0.3 is 20.5 Å². The standard InChI is InChI=1S/C20H21N5O2/c1-25(11-14-5-3-2-4-6-14)12-16-10-19(24-20(21)23-16)22-15-7-8-17-18(9-15)27-13-26-17/h2-10H,11-13H2,1H3,(H3,21,22,23,24). The van der Waals surface area contributed by atoms with Crippen molar-refractivity contribution in [3.8, 4) is 11.5 Å². The number of ether oxygens (including phenoxy) is 2. The van der Waals surface area contributed by atoms with Gasteiger partial charge in [0.05, 0.1) is 5.69 Å². The van der Waals surface area contributed by atoms with Crippen LogP contribution in [0.5, 0.6) is 11.5 Å². The van der Waals surface area contributed by atoms with E-state index in [1.807, 2.05) is 42.5 Å². The summed E-state index contributed by atoms with van der Waals surface area (Å²) in [6, 6.07) is 17.9. The molecule has 0 radical (unpaired) electrons. The van der Waals surface area contributed by atoms with Gasteiger partial charge in [0.1, 0.15) is 5.82 Å². The predicted molar refractivity (Wildman–Crippen MR) is 104 cm³/mol. The molecular formula is C20H21N5O2.